The van der Waals surface area contributed by atoms with Crippen LogP contribution in [0.3, 0.4) is 0 Å². The van der Waals surface area contributed by atoms with Crippen molar-refractivity contribution in [2.45, 2.75) is 90.1 Å². The van der Waals surface area contributed by atoms with Gasteiger partial charge in [-0.1, -0.05) is 43.5 Å². The maximum Gasteiger partial charge on any atom is 0.274 e. The highest BCUT2D eigenvalue weighted by Gasteiger charge is 2.48. The van der Waals surface area contributed by atoms with E-state index < -0.39 is 12.0 Å². The summed E-state index contributed by atoms with van der Waals surface area (Å²) >= 11 is 0. The molecule has 2 aromatic rings. The molecule has 1 aliphatic heterocycles. The van der Waals surface area contributed by atoms with Crippen molar-refractivity contribution in [1.29, 1.82) is 5.26 Å². The van der Waals surface area contributed by atoms with E-state index in [1.807, 2.05) is 29.2 Å². The third-order valence-electron chi connectivity index (χ3n) is 8.08. The van der Waals surface area contributed by atoms with Crippen molar-refractivity contribution < 1.29 is 18.7 Å². The molecule has 0 spiro atoms. The zero-order valence-corrected chi connectivity index (χ0v) is 23.2. The maximum atomic E-state index is 13.8. The molecule has 3 unspecified atom stereocenters. The molecule has 2 aliphatic rings. The number of Topliss-reactive ketones (excluding diaryl/α,β-unsaturated/α-hetero) is 1. The largest absolute Gasteiger partial charge is 0.461 e. The van der Waals surface area contributed by atoms with Crippen LogP contribution in [0.2, 0.25) is 0 Å². The van der Waals surface area contributed by atoms with Gasteiger partial charge in [-0.15, -0.1) is 0 Å². The summed E-state index contributed by atoms with van der Waals surface area (Å²) in [7, 11) is 0. The molecule has 1 heterocycles. The Kier molecular flexibility index (Phi) is 9.16. The maximum absolute atomic E-state index is 13.8. The van der Waals surface area contributed by atoms with Crippen LogP contribution in [0.4, 0.5) is 4.39 Å². The minimum atomic E-state index is -1.41. The number of nitrogens with zero attached hydrogens (tertiary/aromatic N) is 3. The van der Waals surface area contributed by atoms with Crippen LogP contribution < -0.4 is 4.74 Å². The fourth-order valence-corrected chi connectivity index (χ4v) is 5.83. The normalized spacial score (nSPS) is 21.3. The van der Waals surface area contributed by atoms with Crippen molar-refractivity contribution in [1.82, 2.24) is 4.90 Å². The van der Waals surface area contributed by atoms with Gasteiger partial charge in [0.15, 0.2) is 0 Å². The Labute approximate surface area is 230 Å². The zero-order valence-electron chi connectivity index (χ0n) is 23.2. The molecular weight excluding hydrogens is 493 g/mol. The number of amides is 1. The molecule has 39 heavy (non-hydrogen) atoms. The van der Waals surface area contributed by atoms with E-state index in [1.54, 1.807) is 31.2 Å². The summed E-state index contributed by atoms with van der Waals surface area (Å²) in [5, 5.41) is 9.55. The lowest BCUT2D eigenvalue weighted by Crippen LogP contribution is -2.51. The molecule has 0 saturated heterocycles. The van der Waals surface area contributed by atoms with Gasteiger partial charge < -0.3 is 14.4 Å². The van der Waals surface area contributed by atoms with E-state index in [2.05, 4.69) is 13.0 Å². The van der Waals surface area contributed by atoms with E-state index in [-0.39, 0.29) is 17.6 Å². The first-order valence-corrected chi connectivity index (χ1v) is 14.0. The molecule has 0 N–H and O–H groups in total. The highest BCUT2D eigenvalue weighted by molar-refractivity contribution is 6.46. The van der Waals surface area contributed by atoms with Gasteiger partial charge in [0.05, 0.1) is 12.0 Å². The van der Waals surface area contributed by atoms with Crippen molar-refractivity contribution >= 4 is 17.4 Å². The molecular formula is C32H38FN3O3. The summed E-state index contributed by atoms with van der Waals surface area (Å²) < 4.78 is 18.4. The second-order valence-electron chi connectivity index (χ2n) is 10.9. The number of aliphatic imine (C=N–C) groups is 1. The molecule has 6 nitrogen and oxygen atoms in total. The van der Waals surface area contributed by atoms with Crippen LogP contribution in [0.15, 0.2) is 53.5 Å². The fourth-order valence-electron chi connectivity index (χ4n) is 5.83. The number of ether oxygens (including phenoxy) is 1. The second kappa shape index (κ2) is 12.5. The van der Waals surface area contributed by atoms with Gasteiger partial charge in [-0.3, -0.25) is 9.79 Å². The topological polar surface area (TPSA) is 82.8 Å². The number of hydrogen-bond acceptors (Lipinski definition) is 5. The Morgan fingerprint density at radius 2 is 1.82 bits per heavy atom. The van der Waals surface area contributed by atoms with Gasteiger partial charge in [0.25, 0.3) is 5.91 Å². The molecule has 1 fully saturated rings. The van der Waals surface area contributed by atoms with Crippen molar-refractivity contribution in [2.24, 2.45) is 10.9 Å². The van der Waals surface area contributed by atoms with Crippen LogP contribution >= 0.6 is 0 Å². The molecule has 4 rings (SSSR count). The highest BCUT2D eigenvalue weighted by Crippen LogP contribution is 2.41. The Morgan fingerprint density at radius 3 is 2.41 bits per heavy atom. The number of carbonyl (C=O) groups excluding carboxylic acids is 2. The standard InChI is InChI=1S/C32H38FN3O3/c1-22(37)9-12-27(21-34)25-13-10-24(11-14-25)19-20-36-31(38)30(26-15-17-29(18-16-26)39-23(2)33)35-32(36,3)28-7-5-4-6-8-28/h10-11,13-18,23,27-28H,4-9,12,19-20H2,1-3H3. The number of benzene rings is 2. The smallest absolute Gasteiger partial charge is 0.274 e. The molecule has 1 amide bonds. The molecule has 1 saturated carbocycles. The van der Waals surface area contributed by atoms with Crippen LogP contribution in [0.1, 0.15) is 88.3 Å². The van der Waals surface area contributed by atoms with Crippen molar-refractivity contribution in [3.8, 4) is 11.8 Å². The van der Waals surface area contributed by atoms with E-state index in [9.17, 15) is 19.2 Å². The molecule has 0 radical (unpaired) electrons. The number of halogens is 1. The van der Waals surface area contributed by atoms with Gasteiger partial charge in [-0.2, -0.15) is 5.26 Å². The summed E-state index contributed by atoms with van der Waals surface area (Å²) in [5.41, 5.74) is 2.53. The Balaban J connectivity index is 1.52. The Hall–Kier alpha value is -3.53. The van der Waals surface area contributed by atoms with E-state index in [1.165, 1.54) is 13.3 Å². The summed E-state index contributed by atoms with van der Waals surface area (Å²) in [4.78, 5) is 32.2. The predicted octanol–water partition coefficient (Wildman–Crippen LogP) is 6.53. The van der Waals surface area contributed by atoms with Crippen LogP contribution in [-0.4, -0.2) is 40.9 Å². The van der Waals surface area contributed by atoms with Crippen LogP contribution in [0.25, 0.3) is 0 Å². The molecule has 2 aromatic carbocycles. The third kappa shape index (κ3) is 6.73. The minimum Gasteiger partial charge on any atom is -0.461 e. The van der Waals surface area contributed by atoms with Crippen molar-refractivity contribution in [2.75, 3.05) is 6.54 Å². The minimum absolute atomic E-state index is 0.0824. The lowest BCUT2D eigenvalue weighted by atomic mass is 9.80. The van der Waals surface area contributed by atoms with Gasteiger partial charge in [0.1, 0.15) is 22.9 Å². The van der Waals surface area contributed by atoms with Gasteiger partial charge in [-0.25, -0.2) is 4.39 Å². The molecule has 206 valence electrons. The molecule has 0 bridgehead atoms. The van der Waals surface area contributed by atoms with Gasteiger partial charge >= 0.3 is 0 Å². The molecule has 3 atom stereocenters. The van der Waals surface area contributed by atoms with Crippen molar-refractivity contribution in [3.05, 3.63) is 65.2 Å². The summed E-state index contributed by atoms with van der Waals surface area (Å²) in [6.45, 7) is 5.50. The van der Waals surface area contributed by atoms with Crippen LogP contribution in [-0.2, 0) is 16.0 Å². The Morgan fingerprint density at radius 1 is 1.15 bits per heavy atom. The van der Waals surface area contributed by atoms with Gasteiger partial charge in [0.2, 0.25) is 6.36 Å². The number of hydrogen-bond donors (Lipinski definition) is 0. The molecule has 7 heteroatoms. The lowest BCUT2D eigenvalue weighted by molar-refractivity contribution is -0.129. The van der Waals surface area contributed by atoms with E-state index in [4.69, 9.17) is 9.73 Å². The summed E-state index contributed by atoms with van der Waals surface area (Å²) in [6.07, 6.45) is 5.77. The first kappa shape index (κ1) is 28.5. The average Bonchev–Trinajstić information content (AvgIpc) is 3.19. The first-order valence-electron chi connectivity index (χ1n) is 14.0. The summed E-state index contributed by atoms with van der Waals surface area (Å²) in [6, 6.07) is 17.1. The van der Waals surface area contributed by atoms with Gasteiger partial charge in [-0.05, 0) is 74.9 Å². The van der Waals surface area contributed by atoms with Crippen LogP contribution in [0, 0.1) is 17.2 Å². The van der Waals surface area contributed by atoms with Gasteiger partial charge in [0, 0.05) is 31.4 Å². The number of ketones is 1. The average molecular weight is 532 g/mol. The molecule has 1 aliphatic carbocycles. The highest BCUT2D eigenvalue weighted by atomic mass is 19.1. The monoisotopic (exact) mass is 531 g/mol. The van der Waals surface area contributed by atoms with E-state index in [0.29, 0.717) is 48.7 Å². The third-order valence-corrected chi connectivity index (χ3v) is 8.08. The second-order valence-corrected chi connectivity index (χ2v) is 10.9. The summed E-state index contributed by atoms with van der Waals surface area (Å²) in [5.74, 6) is 0.403. The van der Waals surface area contributed by atoms with E-state index >= 15 is 0 Å². The predicted molar refractivity (Wildman–Crippen MR) is 149 cm³/mol. The Bertz CT molecular complexity index is 1230. The zero-order chi connectivity index (χ0) is 28.0. The fraction of sp³-hybridized carbons (Fsp3) is 0.500. The number of rotatable bonds is 11. The molecule has 0 aromatic heterocycles. The number of alkyl halides is 1. The van der Waals surface area contributed by atoms with Crippen LogP contribution in [0.5, 0.6) is 5.75 Å². The number of carbonyl (C=O) groups is 2. The quantitative estimate of drug-likeness (QED) is 0.330. The SMILES string of the molecule is CC(=O)CCC(C#N)c1ccc(CCN2C(=O)C(c3ccc(OC(C)F)cc3)=NC2(C)C2CCCCC2)cc1. The van der Waals surface area contributed by atoms with E-state index in [0.717, 1.165) is 36.8 Å². The lowest BCUT2D eigenvalue weighted by Gasteiger charge is -2.41. The van der Waals surface area contributed by atoms with Crippen molar-refractivity contribution in [3.63, 3.8) is 0 Å². The first-order chi connectivity index (χ1) is 18.7. The number of nitriles is 1.